The fraction of sp³-hybridized carbons (Fsp3) is 0.0769. The van der Waals surface area contributed by atoms with Crippen molar-refractivity contribution in [1.82, 2.24) is 0 Å². The first-order valence-electron chi connectivity index (χ1n) is 4.83. The lowest BCUT2D eigenvalue weighted by Gasteiger charge is -2.05. The Kier molecular flexibility index (Phi) is 1.42. The summed E-state index contributed by atoms with van der Waals surface area (Å²) >= 11 is 0. The molecule has 3 rings (SSSR count). The summed E-state index contributed by atoms with van der Waals surface area (Å²) in [5, 5.41) is 2.64. The van der Waals surface area contributed by atoms with E-state index in [1.165, 1.54) is 21.9 Å². The molecule has 0 radical (unpaired) electrons. The van der Waals surface area contributed by atoms with Gasteiger partial charge in [-0.2, -0.15) is 0 Å². The molecule has 1 aliphatic carbocycles. The third kappa shape index (κ3) is 0.896. The Morgan fingerprint density at radius 1 is 1.00 bits per heavy atom. The van der Waals surface area contributed by atoms with E-state index in [0.29, 0.717) is 0 Å². The summed E-state index contributed by atoms with van der Waals surface area (Å²) in [7, 11) is 0. The SMILES string of the molecule is NC1=CCc2c1ccc1ccccc21. The van der Waals surface area contributed by atoms with Crippen LogP contribution in [0.1, 0.15) is 11.1 Å². The summed E-state index contributed by atoms with van der Waals surface area (Å²) in [6.07, 6.45) is 3.07. The minimum absolute atomic E-state index is 0.922. The van der Waals surface area contributed by atoms with Crippen LogP contribution in [0.4, 0.5) is 0 Å². The quantitative estimate of drug-likeness (QED) is 0.664. The van der Waals surface area contributed by atoms with Crippen LogP contribution in [-0.4, -0.2) is 0 Å². The molecule has 2 aromatic rings. The first kappa shape index (κ1) is 7.63. The molecular weight excluding hydrogens is 170 g/mol. The van der Waals surface area contributed by atoms with E-state index < -0.39 is 0 Å². The second kappa shape index (κ2) is 2.61. The Morgan fingerprint density at radius 2 is 1.86 bits per heavy atom. The van der Waals surface area contributed by atoms with Gasteiger partial charge in [-0.15, -0.1) is 0 Å². The predicted octanol–water partition coefficient (Wildman–Crippen LogP) is 2.70. The van der Waals surface area contributed by atoms with Gasteiger partial charge >= 0.3 is 0 Å². The first-order chi connectivity index (χ1) is 6.86. The van der Waals surface area contributed by atoms with Gasteiger partial charge in [0.2, 0.25) is 0 Å². The van der Waals surface area contributed by atoms with Crippen molar-refractivity contribution >= 4 is 16.5 Å². The van der Waals surface area contributed by atoms with Crippen molar-refractivity contribution in [1.29, 1.82) is 0 Å². The van der Waals surface area contributed by atoms with Crippen molar-refractivity contribution in [3.63, 3.8) is 0 Å². The highest BCUT2D eigenvalue weighted by Gasteiger charge is 2.13. The molecule has 0 saturated heterocycles. The van der Waals surface area contributed by atoms with Crippen LogP contribution in [-0.2, 0) is 6.42 Å². The highest BCUT2D eigenvalue weighted by atomic mass is 14.6. The van der Waals surface area contributed by atoms with Crippen LogP contribution in [0.5, 0.6) is 0 Å². The van der Waals surface area contributed by atoms with Crippen LogP contribution in [0.2, 0.25) is 0 Å². The third-order valence-corrected chi connectivity index (χ3v) is 2.88. The Balaban J connectivity index is 2.41. The topological polar surface area (TPSA) is 26.0 Å². The number of fused-ring (bicyclic) bond motifs is 3. The summed E-state index contributed by atoms with van der Waals surface area (Å²) in [6.45, 7) is 0. The summed E-state index contributed by atoms with van der Waals surface area (Å²) in [5.41, 5.74) is 9.41. The molecule has 0 unspecified atom stereocenters. The zero-order valence-corrected chi connectivity index (χ0v) is 7.83. The summed E-state index contributed by atoms with van der Waals surface area (Å²) in [4.78, 5) is 0. The maximum absolute atomic E-state index is 5.90. The maximum Gasteiger partial charge on any atom is 0.0353 e. The second-order valence-electron chi connectivity index (χ2n) is 3.68. The summed E-state index contributed by atoms with van der Waals surface area (Å²) in [5.74, 6) is 0. The summed E-state index contributed by atoms with van der Waals surface area (Å²) < 4.78 is 0. The molecule has 0 fully saturated rings. The van der Waals surface area contributed by atoms with Gasteiger partial charge in [-0.05, 0) is 22.8 Å². The van der Waals surface area contributed by atoms with Gasteiger partial charge in [0.25, 0.3) is 0 Å². The molecule has 0 amide bonds. The largest absolute Gasteiger partial charge is 0.398 e. The molecule has 14 heavy (non-hydrogen) atoms. The maximum atomic E-state index is 5.90. The van der Waals surface area contributed by atoms with E-state index >= 15 is 0 Å². The first-order valence-corrected chi connectivity index (χ1v) is 4.83. The van der Waals surface area contributed by atoms with Gasteiger partial charge in [-0.25, -0.2) is 0 Å². The molecule has 0 saturated carbocycles. The Hall–Kier alpha value is -1.76. The number of hydrogen-bond acceptors (Lipinski definition) is 1. The molecule has 0 aromatic heterocycles. The molecule has 1 heteroatoms. The van der Waals surface area contributed by atoms with Gasteiger partial charge in [-0.3, -0.25) is 0 Å². The highest BCUT2D eigenvalue weighted by molar-refractivity contribution is 5.92. The Morgan fingerprint density at radius 3 is 2.79 bits per heavy atom. The minimum atomic E-state index is 0.922. The lowest BCUT2D eigenvalue weighted by Crippen LogP contribution is -1.93. The number of nitrogens with two attached hydrogens (primary N) is 1. The van der Waals surface area contributed by atoms with E-state index in [9.17, 15) is 0 Å². The van der Waals surface area contributed by atoms with Crippen LogP contribution >= 0.6 is 0 Å². The number of benzene rings is 2. The summed E-state index contributed by atoms with van der Waals surface area (Å²) in [6, 6.07) is 12.7. The molecule has 1 nitrogen and oxygen atoms in total. The molecule has 0 spiro atoms. The fourth-order valence-corrected chi connectivity index (χ4v) is 2.15. The Bertz CT molecular complexity index is 538. The van der Waals surface area contributed by atoms with Crippen molar-refractivity contribution in [2.45, 2.75) is 6.42 Å². The lowest BCUT2D eigenvalue weighted by atomic mass is 10.00. The van der Waals surface area contributed by atoms with Crippen LogP contribution in [0, 0.1) is 0 Å². The van der Waals surface area contributed by atoms with Crippen molar-refractivity contribution in [2.24, 2.45) is 5.73 Å². The average molecular weight is 181 g/mol. The standard InChI is InChI=1S/C13H11N/c14-13-8-7-11-10-4-2-1-3-9(10)5-6-12(11)13/h1-6,8H,7,14H2. The predicted molar refractivity (Wildman–Crippen MR) is 59.8 cm³/mol. The minimum Gasteiger partial charge on any atom is -0.398 e. The van der Waals surface area contributed by atoms with Gasteiger partial charge in [0, 0.05) is 11.3 Å². The number of allylic oxidation sites excluding steroid dienone is 1. The van der Waals surface area contributed by atoms with E-state index in [1.54, 1.807) is 0 Å². The molecule has 0 heterocycles. The van der Waals surface area contributed by atoms with E-state index in [1.807, 2.05) is 0 Å². The third-order valence-electron chi connectivity index (χ3n) is 2.88. The molecule has 2 N–H and O–H groups in total. The second-order valence-corrected chi connectivity index (χ2v) is 3.68. The molecular formula is C13H11N. The molecule has 1 aliphatic rings. The number of rotatable bonds is 0. The van der Waals surface area contributed by atoms with Crippen LogP contribution in [0.25, 0.3) is 16.5 Å². The fourth-order valence-electron chi connectivity index (χ4n) is 2.15. The Labute approximate surface area is 82.9 Å². The van der Waals surface area contributed by atoms with E-state index in [2.05, 4.69) is 42.5 Å². The van der Waals surface area contributed by atoms with E-state index in [0.717, 1.165) is 12.1 Å². The normalized spacial score (nSPS) is 14.1. The van der Waals surface area contributed by atoms with Crippen LogP contribution in [0.3, 0.4) is 0 Å². The number of hydrogen-bond donors (Lipinski definition) is 1. The monoisotopic (exact) mass is 181 g/mol. The smallest absolute Gasteiger partial charge is 0.0353 e. The van der Waals surface area contributed by atoms with Crippen molar-refractivity contribution in [3.05, 3.63) is 53.6 Å². The van der Waals surface area contributed by atoms with Crippen molar-refractivity contribution in [2.75, 3.05) is 0 Å². The molecule has 68 valence electrons. The lowest BCUT2D eigenvalue weighted by molar-refractivity contribution is 1.35. The average Bonchev–Trinajstić information content (AvgIpc) is 2.61. The van der Waals surface area contributed by atoms with Gasteiger partial charge in [-0.1, -0.05) is 42.5 Å². The van der Waals surface area contributed by atoms with E-state index in [-0.39, 0.29) is 0 Å². The highest BCUT2D eigenvalue weighted by Crippen LogP contribution is 2.30. The molecule has 0 aliphatic heterocycles. The van der Waals surface area contributed by atoms with Crippen molar-refractivity contribution in [3.8, 4) is 0 Å². The van der Waals surface area contributed by atoms with Gasteiger partial charge in [0.05, 0.1) is 0 Å². The van der Waals surface area contributed by atoms with Gasteiger partial charge in [0.1, 0.15) is 0 Å². The van der Waals surface area contributed by atoms with Crippen LogP contribution in [0.15, 0.2) is 42.5 Å². The van der Waals surface area contributed by atoms with Gasteiger partial charge < -0.3 is 5.73 Å². The van der Waals surface area contributed by atoms with E-state index in [4.69, 9.17) is 5.73 Å². The van der Waals surface area contributed by atoms with Crippen LogP contribution < -0.4 is 5.73 Å². The van der Waals surface area contributed by atoms with Crippen molar-refractivity contribution < 1.29 is 0 Å². The van der Waals surface area contributed by atoms with Gasteiger partial charge in [0.15, 0.2) is 0 Å². The zero-order chi connectivity index (χ0) is 9.54. The molecule has 2 aromatic carbocycles. The molecule has 0 bridgehead atoms. The molecule has 0 atom stereocenters. The zero-order valence-electron chi connectivity index (χ0n) is 7.83.